The van der Waals surface area contributed by atoms with E-state index < -0.39 is 41.9 Å². The molecule has 36 heavy (non-hydrogen) atoms. The van der Waals surface area contributed by atoms with Gasteiger partial charge in [0.25, 0.3) is 0 Å². The van der Waals surface area contributed by atoms with Crippen LogP contribution < -0.4 is 4.90 Å². The highest BCUT2D eigenvalue weighted by atomic mass is 16.8. The minimum Gasteiger partial charge on any atom is -0.443 e. The van der Waals surface area contributed by atoms with Gasteiger partial charge in [-0.3, -0.25) is 4.90 Å². The van der Waals surface area contributed by atoms with Crippen LogP contribution in [0.4, 0.5) is 10.6 Å². The molecule has 2 aromatic heterocycles. The Bertz CT molecular complexity index is 1240. The summed E-state index contributed by atoms with van der Waals surface area (Å²) in [5, 5.41) is 14.3. The van der Waals surface area contributed by atoms with Gasteiger partial charge >= 0.3 is 6.09 Å². The Morgan fingerprint density at radius 2 is 1.89 bits per heavy atom. The maximum absolute atomic E-state index is 13.3. The molecule has 192 valence electrons. The van der Waals surface area contributed by atoms with Crippen molar-refractivity contribution in [3.05, 3.63) is 54.1 Å². The van der Waals surface area contributed by atoms with E-state index in [4.69, 9.17) is 18.9 Å². The molecule has 0 spiro atoms. The first kappa shape index (κ1) is 24.6. The number of carbonyl (C=O) groups is 1. The Hall–Kier alpha value is -3.12. The summed E-state index contributed by atoms with van der Waals surface area (Å²) in [5.41, 5.74) is 1.16. The average molecular weight is 498 g/mol. The molecule has 2 aliphatic rings. The highest BCUT2D eigenvalue weighted by molar-refractivity contribution is 5.90. The molecule has 2 aliphatic heterocycles. The van der Waals surface area contributed by atoms with Gasteiger partial charge in [-0.1, -0.05) is 30.3 Å². The van der Waals surface area contributed by atoms with Crippen LogP contribution in [0.1, 0.15) is 52.0 Å². The predicted octanol–water partition coefficient (Wildman–Crippen LogP) is 3.02. The largest absolute Gasteiger partial charge is 0.443 e. The van der Waals surface area contributed by atoms with E-state index in [1.54, 1.807) is 10.7 Å². The van der Waals surface area contributed by atoms with Crippen molar-refractivity contribution in [1.82, 2.24) is 19.6 Å². The third-order valence-electron chi connectivity index (χ3n) is 5.99. The topological polar surface area (TPSA) is 121 Å². The molecular weight excluding hydrogens is 466 g/mol. The first-order valence-corrected chi connectivity index (χ1v) is 11.9. The minimum atomic E-state index is -0.811. The molecule has 1 aromatic carbocycles. The molecule has 11 heteroatoms. The number of amides is 1. The maximum Gasteiger partial charge on any atom is 0.416 e. The Morgan fingerprint density at radius 1 is 1.17 bits per heavy atom. The number of aliphatic hydroxyl groups is 1. The van der Waals surface area contributed by atoms with Gasteiger partial charge < -0.3 is 24.1 Å². The fraction of sp³-hybridized carbons (Fsp3) is 0.520. The second-order valence-electron chi connectivity index (χ2n) is 10.4. The zero-order valence-corrected chi connectivity index (χ0v) is 21.0. The molecule has 0 saturated carbocycles. The van der Waals surface area contributed by atoms with Crippen molar-refractivity contribution in [1.29, 1.82) is 0 Å². The van der Waals surface area contributed by atoms with Crippen molar-refractivity contribution in [3.8, 4) is 0 Å². The summed E-state index contributed by atoms with van der Waals surface area (Å²) in [5.74, 6) is -0.513. The van der Waals surface area contributed by atoms with Crippen LogP contribution in [0.3, 0.4) is 0 Å². The lowest BCUT2D eigenvalue weighted by atomic mass is 10.1. The third-order valence-corrected chi connectivity index (χ3v) is 5.99. The van der Waals surface area contributed by atoms with Crippen molar-refractivity contribution in [2.45, 2.75) is 77.0 Å². The second kappa shape index (κ2) is 9.07. The third kappa shape index (κ3) is 4.66. The first-order valence-electron chi connectivity index (χ1n) is 11.9. The molecule has 3 aromatic rings. The smallest absolute Gasteiger partial charge is 0.416 e. The van der Waals surface area contributed by atoms with E-state index >= 15 is 0 Å². The number of nitrogens with zero attached hydrogens (tertiary/aromatic N) is 5. The van der Waals surface area contributed by atoms with Gasteiger partial charge in [-0.2, -0.15) is 5.10 Å². The number of carbonyl (C=O) groups excluding carboxylic acids is 1. The fourth-order valence-corrected chi connectivity index (χ4v) is 4.58. The molecule has 4 atom stereocenters. The molecular formula is C25H31N5O6. The van der Waals surface area contributed by atoms with Crippen LogP contribution in [0.2, 0.25) is 0 Å². The number of aliphatic hydroxyl groups excluding tert-OH is 1. The van der Waals surface area contributed by atoms with Crippen LogP contribution in [0.15, 0.2) is 42.9 Å². The molecule has 0 bridgehead atoms. The number of benzene rings is 1. The minimum absolute atomic E-state index is 0.211. The normalized spacial score (nSPS) is 25.2. The lowest BCUT2D eigenvalue weighted by Crippen LogP contribution is -2.37. The number of fused-ring (bicyclic) bond motifs is 2. The molecule has 5 rings (SSSR count). The van der Waals surface area contributed by atoms with Crippen LogP contribution in [-0.4, -0.2) is 67.1 Å². The quantitative estimate of drug-likeness (QED) is 0.567. The van der Waals surface area contributed by atoms with Gasteiger partial charge in [0.05, 0.1) is 25.0 Å². The maximum atomic E-state index is 13.3. The molecule has 0 radical (unpaired) electrons. The van der Waals surface area contributed by atoms with E-state index in [9.17, 15) is 9.90 Å². The molecule has 0 aliphatic carbocycles. The summed E-state index contributed by atoms with van der Waals surface area (Å²) in [6, 6.07) is 9.57. The van der Waals surface area contributed by atoms with Crippen molar-refractivity contribution in [2.24, 2.45) is 0 Å². The zero-order chi connectivity index (χ0) is 25.7. The number of aromatic nitrogens is 4. The number of hydrogen-bond acceptors (Lipinski definition) is 9. The molecule has 1 N–H and O–H groups in total. The van der Waals surface area contributed by atoms with Gasteiger partial charge in [0.1, 0.15) is 36.3 Å². The lowest BCUT2D eigenvalue weighted by Gasteiger charge is -2.27. The molecule has 1 amide bonds. The Balaban J connectivity index is 1.54. The van der Waals surface area contributed by atoms with Crippen LogP contribution in [0.5, 0.6) is 0 Å². The summed E-state index contributed by atoms with van der Waals surface area (Å²) < 4.78 is 25.5. The van der Waals surface area contributed by atoms with Crippen molar-refractivity contribution < 1.29 is 28.8 Å². The molecule has 2 saturated heterocycles. The van der Waals surface area contributed by atoms with Gasteiger partial charge in [-0.25, -0.2) is 19.3 Å². The zero-order valence-electron chi connectivity index (χ0n) is 21.0. The standard InChI is InChI=1S/C25H31N5O6/c1-24(2,3)36-23(32)29(12-15-9-7-6-8-10-15)21-22-26-11-16(30(22)28-14-27-21)18-20-19(17(13-31)33-18)34-25(4,5)35-20/h6-11,14,17-20,31H,12-13H2,1-5H3/t17-,18+,19-,20+/m1/s1. The number of hydrogen-bond donors (Lipinski definition) is 1. The number of imidazole rings is 1. The summed E-state index contributed by atoms with van der Waals surface area (Å²) >= 11 is 0. The monoisotopic (exact) mass is 497 g/mol. The fourth-order valence-electron chi connectivity index (χ4n) is 4.58. The number of anilines is 1. The van der Waals surface area contributed by atoms with Crippen LogP contribution in [0.25, 0.3) is 5.65 Å². The second-order valence-corrected chi connectivity index (χ2v) is 10.4. The summed E-state index contributed by atoms with van der Waals surface area (Å²) in [7, 11) is 0. The number of rotatable bonds is 5. The molecule has 11 nitrogen and oxygen atoms in total. The van der Waals surface area contributed by atoms with Crippen molar-refractivity contribution in [3.63, 3.8) is 0 Å². The van der Waals surface area contributed by atoms with Crippen molar-refractivity contribution in [2.75, 3.05) is 11.5 Å². The lowest BCUT2D eigenvalue weighted by molar-refractivity contribution is -0.191. The predicted molar refractivity (Wildman–Crippen MR) is 128 cm³/mol. The number of ether oxygens (including phenoxy) is 4. The van der Waals surface area contributed by atoms with Crippen LogP contribution in [0, 0.1) is 0 Å². The Morgan fingerprint density at radius 3 is 2.58 bits per heavy atom. The molecule has 0 unspecified atom stereocenters. The summed E-state index contributed by atoms with van der Waals surface area (Å²) in [4.78, 5) is 23.7. The first-order chi connectivity index (χ1) is 17.1. The highest BCUT2D eigenvalue weighted by Gasteiger charge is 2.56. The van der Waals surface area contributed by atoms with E-state index in [1.807, 2.05) is 65.0 Å². The van der Waals surface area contributed by atoms with Crippen LogP contribution in [-0.2, 0) is 25.5 Å². The van der Waals surface area contributed by atoms with Gasteiger partial charge in [-0.15, -0.1) is 0 Å². The average Bonchev–Trinajstić information content (AvgIpc) is 3.47. The van der Waals surface area contributed by atoms with Crippen LogP contribution >= 0.6 is 0 Å². The van der Waals surface area contributed by atoms with Crippen molar-refractivity contribution >= 4 is 17.6 Å². The highest BCUT2D eigenvalue weighted by Crippen LogP contribution is 2.45. The SMILES string of the molecule is CC(C)(C)OC(=O)N(Cc1ccccc1)c1ncnn2c([C@@H]3O[C@H](CO)[C@H]4OC(C)(C)O[C@H]43)cnc12. The van der Waals surface area contributed by atoms with E-state index in [0.29, 0.717) is 17.2 Å². The Kier molecular flexibility index (Phi) is 6.19. The van der Waals surface area contributed by atoms with Gasteiger partial charge in [-0.05, 0) is 40.2 Å². The molecule has 4 heterocycles. The summed E-state index contributed by atoms with van der Waals surface area (Å²) in [6.07, 6.45) is 0.408. The molecule has 2 fully saturated rings. The van der Waals surface area contributed by atoms with E-state index in [2.05, 4.69) is 15.1 Å². The van der Waals surface area contributed by atoms with E-state index in [1.165, 1.54) is 11.2 Å². The van der Waals surface area contributed by atoms with Gasteiger partial charge in [0.15, 0.2) is 17.3 Å². The van der Waals surface area contributed by atoms with Gasteiger partial charge in [0, 0.05) is 0 Å². The summed E-state index contributed by atoms with van der Waals surface area (Å²) in [6.45, 7) is 9.11. The van der Waals surface area contributed by atoms with E-state index in [0.717, 1.165) is 5.56 Å². The van der Waals surface area contributed by atoms with Gasteiger partial charge in [0.2, 0.25) is 0 Å². The Labute approximate surface area is 209 Å². The van der Waals surface area contributed by atoms with E-state index in [-0.39, 0.29) is 13.2 Å².